The van der Waals surface area contributed by atoms with Crippen molar-refractivity contribution in [2.24, 2.45) is 11.1 Å². The van der Waals surface area contributed by atoms with Gasteiger partial charge in [-0.15, -0.1) is 11.3 Å². The zero-order chi connectivity index (χ0) is 12.2. The molecule has 0 aliphatic heterocycles. The lowest BCUT2D eigenvalue weighted by molar-refractivity contribution is -0.0272. The van der Waals surface area contributed by atoms with Crippen LogP contribution in [0.15, 0.2) is 17.5 Å². The molecule has 0 aliphatic carbocycles. The van der Waals surface area contributed by atoms with Gasteiger partial charge in [-0.25, -0.2) is 0 Å². The van der Waals surface area contributed by atoms with Gasteiger partial charge in [0.2, 0.25) is 0 Å². The summed E-state index contributed by atoms with van der Waals surface area (Å²) in [6, 6.07) is 4.27. The minimum Gasteiger partial charge on any atom is -0.376 e. The molecule has 0 aliphatic rings. The van der Waals surface area contributed by atoms with Crippen LogP contribution in [0, 0.1) is 5.41 Å². The third kappa shape index (κ3) is 3.89. The molecule has 16 heavy (non-hydrogen) atoms. The number of rotatable bonds is 5. The average molecular weight is 241 g/mol. The Morgan fingerprint density at radius 1 is 1.44 bits per heavy atom. The van der Waals surface area contributed by atoms with Crippen molar-refractivity contribution in [1.82, 2.24) is 0 Å². The molecule has 0 radical (unpaired) electrons. The molecule has 0 fully saturated rings. The van der Waals surface area contributed by atoms with E-state index in [0.29, 0.717) is 0 Å². The van der Waals surface area contributed by atoms with E-state index in [2.05, 4.69) is 38.3 Å². The Kier molecular flexibility index (Phi) is 4.96. The Balaban J connectivity index is 2.64. The summed E-state index contributed by atoms with van der Waals surface area (Å²) in [5.74, 6) is 0. The van der Waals surface area contributed by atoms with Crippen molar-refractivity contribution < 1.29 is 4.74 Å². The molecule has 2 nitrogen and oxygen atoms in total. The van der Waals surface area contributed by atoms with Crippen LogP contribution in [0.25, 0.3) is 0 Å². The molecule has 0 saturated heterocycles. The van der Waals surface area contributed by atoms with Gasteiger partial charge in [-0.05, 0) is 30.2 Å². The number of thiophene rings is 1. The summed E-state index contributed by atoms with van der Waals surface area (Å²) in [6.45, 7) is 9.29. The van der Waals surface area contributed by atoms with Crippen LogP contribution in [0.1, 0.15) is 32.6 Å². The van der Waals surface area contributed by atoms with Gasteiger partial charge in [0.1, 0.15) is 0 Å². The van der Waals surface area contributed by atoms with Crippen LogP contribution in [0.4, 0.5) is 0 Å². The quantitative estimate of drug-likeness (QED) is 0.860. The zero-order valence-electron chi connectivity index (χ0n) is 10.7. The smallest absolute Gasteiger partial charge is 0.0777 e. The van der Waals surface area contributed by atoms with Gasteiger partial charge in [-0.1, -0.05) is 26.8 Å². The summed E-state index contributed by atoms with van der Waals surface area (Å²) in [4.78, 5) is 1.33. The lowest BCUT2D eigenvalue weighted by atomic mass is 9.83. The first-order valence-electron chi connectivity index (χ1n) is 5.84. The molecule has 0 bridgehead atoms. The Morgan fingerprint density at radius 2 is 2.12 bits per heavy atom. The van der Waals surface area contributed by atoms with Gasteiger partial charge in [0, 0.05) is 17.5 Å². The van der Waals surface area contributed by atoms with Crippen molar-refractivity contribution in [3.05, 3.63) is 22.4 Å². The maximum Gasteiger partial charge on any atom is 0.0777 e. The van der Waals surface area contributed by atoms with Crippen LogP contribution in [0.5, 0.6) is 0 Å². The topological polar surface area (TPSA) is 35.2 Å². The SMILES string of the molecule is CCOC(C(N)Cc1cccs1)C(C)(C)C. The van der Waals surface area contributed by atoms with E-state index in [1.165, 1.54) is 4.88 Å². The fourth-order valence-corrected chi connectivity index (χ4v) is 2.74. The Hall–Kier alpha value is -0.380. The molecule has 1 rings (SSSR count). The monoisotopic (exact) mass is 241 g/mol. The van der Waals surface area contributed by atoms with E-state index in [0.717, 1.165) is 13.0 Å². The second kappa shape index (κ2) is 5.80. The van der Waals surface area contributed by atoms with E-state index in [-0.39, 0.29) is 17.6 Å². The van der Waals surface area contributed by atoms with Gasteiger partial charge in [0.25, 0.3) is 0 Å². The largest absolute Gasteiger partial charge is 0.376 e. The van der Waals surface area contributed by atoms with Crippen LogP contribution in [-0.4, -0.2) is 18.8 Å². The summed E-state index contributed by atoms with van der Waals surface area (Å²) < 4.78 is 5.80. The van der Waals surface area contributed by atoms with Crippen LogP contribution in [0.2, 0.25) is 0 Å². The van der Waals surface area contributed by atoms with Gasteiger partial charge < -0.3 is 10.5 Å². The zero-order valence-corrected chi connectivity index (χ0v) is 11.5. The van der Waals surface area contributed by atoms with Gasteiger partial charge in [0.05, 0.1) is 6.10 Å². The van der Waals surface area contributed by atoms with Crippen LogP contribution >= 0.6 is 11.3 Å². The normalized spacial score (nSPS) is 16.1. The minimum atomic E-state index is 0.0681. The number of ether oxygens (including phenoxy) is 1. The molecule has 0 spiro atoms. The van der Waals surface area contributed by atoms with E-state index in [1.54, 1.807) is 11.3 Å². The molecular formula is C13H23NOS. The highest BCUT2D eigenvalue weighted by Gasteiger charge is 2.30. The first-order valence-corrected chi connectivity index (χ1v) is 6.72. The van der Waals surface area contributed by atoms with E-state index in [4.69, 9.17) is 10.5 Å². The fourth-order valence-electron chi connectivity index (χ4n) is 1.96. The second-order valence-corrected chi connectivity index (χ2v) is 6.22. The molecule has 2 unspecified atom stereocenters. The van der Waals surface area contributed by atoms with Crippen LogP contribution in [0.3, 0.4) is 0 Å². The molecule has 2 N–H and O–H groups in total. The number of hydrogen-bond donors (Lipinski definition) is 1. The van der Waals surface area contributed by atoms with E-state index >= 15 is 0 Å². The van der Waals surface area contributed by atoms with E-state index in [9.17, 15) is 0 Å². The van der Waals surface area contributed by atoms with Gasteiger partial charge in [0.15, 0.2) is 0 Å². The van der Waals surface area contributed by atoms with Crippen molar-refractivity contribution in [1.29, 1.82) is 0 Å². The first-order chi connectivity index (χ1) is 7.45. The highest BCUT2D eigenvalue weighted by molar-refractivity contribution is 7.09. The summed E-state index contributed by atoms with van der Waals surface area (Å²) in [5.41, 5.74) is 6.35. The Labute approximate surface area is 103 Å². The predicted molar refractivity (Wildman–Crippen MR) is 70.9 cm³/mol. The lowest BCUT2D eigenvalue weighted by Gasteiger charge is -2.34. The van der Waals surface area contributed by atoms with Crippen molar-refractivity contribution in [2.75, 3.05) is 6.61 Å². The Bertz CT molecular complexity index is 289. The second-order valence-electron chi connectivity index (χ2n) is 5.19. The highest BCUT2D eigenvalue weighted by atomic mass is 32.1. The summed E-state index contributed by atoms with van der Waals surface area (Å²) >= 11 is 1.76. The number of nitrogens with two attached hydrogens (primary N) is 1. The number of hydrogen-bond acceptors (Lipinski definition) is 3. The molecule has 2 atom stereocenters. The predicted octanol–water partition coefficient (Wildman–Crippen LogP) is 3.07. The molecule has 0 saturated carbocycles. The van der Waals surface area contributed by atoms with Crippen molar-refractivity contribution in [3.63, 3.8) is 0 Å². The highest BCUT2D eigenvalue weighted by Crippen LogP contribution is 2.26. The van der Waals surface area contributed by atoms with Gasteiger partial charge in [-0.2, -0.15) is 0 Å². The lowest BCUT2D eigenvalue weighted by Crippen LogP contribution is -2.46. The van der Waals surface area contributed by atoms with Crippen molar-refractivity contribution >= 4 is 11.3 Å². The third-order valence-electron chi connectivity index (χ3n) is 2.61. The third-order valence-corrected chi connectivity index (χ3v) is 3.50. The maximum absolute atomic E-state index is 6.26. The Morgan fingerprint density at radius 3 is 2.56 bits per heavy atom. The summed E-state index contributed by atoms with van der Waals surface area (Å²) in [6.07, 6.45) is 1.01. The van der Waals surface area contributed by atoms with Crippen molar-refractivity contribution in [2.45, 2.75) is 46.3 Å². The standard InChI is InChI=1S/C13H23NOS/c1-5-15-12(13(2,3)4)11(14)9-10-7-6-8-16-10/h6-8,11-12H,5,9,14H2,1-4H3. The van der Waals surface area contributed by atoms with Gasteiger partial charge >= 0.3 is 0 Å². The molecule has 0 amide bonds. The molecule has 1 aromatic heterocycles. The molecule has 3 heteroatoms. The van der Waals surface area contributed by atoms with E-state index in [1.807, 2.05) is 6.92 Å². The van der Waals surface area contributed by atoms with Crippen LogP contribution in [-0.2, 0) is 11.2 Å². The minimum absolute atomic E-state index is 0.0681. The van der Waals surface area contributed by atoms with E-state index < -0.39 is 0 Å². The summed E-state index contributed by atoms with van der Waals surface area (Å²) in [5, 5.41) is 2.09. The molecule has 1 heterocycles. The molecule has 1 aromatic rings. The fraction of sp³-hybridized carbons (Fsp3) is 0.692. The maximum atomic E-state index is 6.26. The molecule has 0 aromatic carbocycles. The van der Waals surface area contributed by atoms with Gasteiger partial charge in [-0.3, -0.25) is 0 Å². The van der Waals surface area contributed by atoms with Crippen molar-refractivity contribution in [3.8, 4) is 0 Å². The average Bonchev–Trinajstić information content (AvgIpc) is 2.64. The summed E-state index contributed by atoms with van der Waals surface area (Å²) in [7, 11) is 0. The molecular weight excluding hydrogens is 218 g/mol. The molecule has 92 valence electrons. The first kappa shape index (κ1) is 13.7. The van der Waals surface area contributed by atoms with Crippen LogP contribution < -0.4 is 5.73 Å².